The first-order valence-corrected chi connectivity index (χ1v) is 8.01. The molecule has 0 saturated carbocycles. The maximum Gasteiger partial charge on any atom is 0.277 e. The molecule has 1 heterocycles. The lowest BCUT2D eigenvalue weighted by Crippen LogP contribution is -2.15. The third-order valence-corrected chi connectivity index (χ3v) is 3.82. The van der Waals surface area contributed by atoms with E-state index in [0.717, 1.165) is 6.26 Å². The van der Waals surface area contributed by atoms with Crippen LogP contribution in [0.25, 0.3) is 0 Å². The van der Waals surface area contributed by atoms with Crippen LogP contribution in [0.2, 0.25) is 0 Å². The van der Waals surface area contributed by atoms with Crippen molar-refractivity contribution in [3.05, 3.63) is 36.2 Å². The van der Waals surface area contributed by atoms with Crippen LogP contribution in [0.5, 0.6) is 0 Å². The number of anilines is 1. The molecule has 1 aromatic heterocycles. The Morgan fingerprint density at radius 2 is 2.10 bits per heavy atom. The van der Waals surface area contributed by atoms with E-state index in [1.807, 2.05) is 0 Å². The molecular weight excluding hydrogens is 294 g/mol. The zero-order valence-corrected chi connectivity index (χ0v) is 12.2. The van der Waals surface area contributed by atoms with Crippen LogP contribution in [0.15, 0.2) is 35.4 Å². The highest BCUT2D eigenvalue weighted by atomic mass is 32.2. The van der Waals surface area contributed by atoms with E-state index in [2.05, 4.69) is 15.6 Å². The predicted molar refractivity (Wildman–Crippen MR) is 76.6 cm³/mol. The maximum atomic E-state index is 12.1. The number of rotatable bonds is 5. The topological polar surface area (TPSA) is 120 Å². The minimum Gasteiger partial charge on any atom is -0.329 e. The van der Waals surface area contributed by atoms with Crippen LogP contribution in [0, 0.1) is 0 Å². The highest BCUT2D eigenvalue weighted by Crippen LogP contribution is 2.20. The molecule has 112 valence electrons. The number of carbonyl (C=O) groups is 1. The number of benzene rings is 1. The summed E-state index contributed by atoms with van der Waals surface area (Å²) in [5.41, 5.74) is 5.68. The number of hydrogen-bond acceptors (Lipinski definition) is 6. The van der Waals surface area contributed by atoms with Crippen LogP contribution in [-0.2, 0) is 16.4 Å². The average molecular weight is 309 g/mol. The zero-order chi connectivity index (χ0) is 15.5. The van der Waals surface area contributed by atoms with E-state index in [4.69, 9.17) is 5.73 Å². The smallest absolute Gasteiger partial charge is 0.277 e. The molecule has 0 saturated heterocycles. The molecule has 21 heavy (non-hydrogen) atoms. The van der Waals surface area contributed by atoms with E-state index in [0.29, 0.717) is 13.1 Å². The lowest BCUT2D eigenvalue weighted by Gasteiger charge is -2.08. The predicted octanol–water partition coefficient (Wildman–Crippen LogP) is -0.107. The van der Waals surface area contributed by atoms with Crippen molar-refractivity contribution in [2.24, 2.45) is 5.73 Å². The van der Waals surface area contributed by atoms with Gasteiger partial charge in [-0.25, -0.2) is 8.42 Å². The Bertz CT molecular complexity index is 754. The molecule has 0 fully saturated rings. The molecule has 0 spiro atoms. The third-order valence-electron chi connectivity index (χ3n) is 2.66. The molecule has 2 rings (SSSR count). The Morgan fingerprint density at radius 3 is 2.76 bits per heavy atom. The highest BCUT2D eigenvalue weighted by Gasteiger charge is 2.17. The highest BCUT2D eigenvalue weighted by molar-refractivity contribution is 7.90. The van der Waals surface area contributed by atoms with Crippen molar-refractivity contribution < 1.29 is 13.2 Å². The summed E-state index contributed by atoms with van der Waals surface area (Å²) in [5.74, 6) is -0.533. The van der Waals surface area contributed by atoms with E-state index in [1.54, 1.807) is 12.1 Å². The molecule has 0 unspecified atom stereocenters. The zero-order valence-electron chi connectivity index (χ0n) is 11.4. The second-order valence-electron chi connectivity index (χ2n) is 4.38. The average Bonchev–Trinajstić information content (AvgIpc) is 2.87. The molecular formula is C12H15N5O3S. The molecule has 0 bridgehead atoms. The van der Waals surface area contributed by atoms with Gasteiger partial charge in [-0.2, -0.15) is 0 Å². The first-order chi connectivity index (χ1) is 9.91. The molecule has 2 aromatic rings. The van der Waals surface area contributed by atoms with Gasteiger partial charge in [0.1, 0.15) is 0 Å². The van der Waals surface area contributed by atoms with Crippen molar-refractivity contribution in [1.29, 1.82) is 0 Å². The van der Waals surface area contributed by atoms with Gasteiger partial charge < -0.3 is 11.1 Å². The fourth-order valence-corrected chi connectivity index (χ4v) is 2.57. The Kier molecular flexibility index (Phi) is 4.34. The SMILES string of the molecule is CS(=O)(=O)c1ccccc1NC(=O)c1cn(CCN)nn1. The second-order valence-corrected chi connectivity index (χ2v) is 6.36. The van der Waals surface area contributed by atoms with Gasteiger partial charge in [0.2, 0.25) is 0 Å². The number of aromatic nitrogens is 3. The van der Waals surface area contributed by atoms with Gasteiger partial charge in [0.15, 0.2) is 15.5 Å². The van der Waals surface area contributed by atoms with E-state index in [-0.39, 0.29) is 16.3 Å². The molecule has 0 aliphatic heterocycles. The van der Waals surface area contributed by atoms with Crippen LogP contribution in [0.4, 0.5) is 5.69 Å². The van der Waals surface area contributed by atoms with Crippen molar-refractivity contribution in [3.8, 4) is 0 Å². The van der Waals surface area contributed by atoms with Crippen LogP contribution in [0.3, 0.4) is 0 Å². The third kappa shape index (κ3) is 3.64. The van der Waals surface area contributed by atoms with Gasteiger partial charge in [-0.1, -0.05) is 17.3 Å². The lowest BCUT2D eigenvalue weighted by molar-refractivity contribution is 0.102. The second kappa shape index (κ2) is 6.02. The van der Waals surface area contributed by atoms with E-state index >= 15 is 0 Å². The molecule has 8 nitrogen and oxygen atoms in total. The molecule has 0 radical (unpaired) electrons. The minimum atomic E-state index is -3.44. The minimum absolute atomic E-state index is 0.0488. The van der Waals surface area contributed by atoms with Crippen molar-refractivity contribution in [1.82, 2.24) is 15.0 Å². The van der Waals surface area contributed by atoms with Crippen molar-refractivity contribution >= 4 is 21.4 Å². The molecule has 3 N–H and O–H groups in total. The van der Waals surface area contributed by atoms with Crippen LogP contribution in [-0.4, -0.2) is 42.1 Å². The molecule has 9 heteroatoms. The van der Waals surface area contributed by atoms with Crippen molar-refractivity contribution in [2.45, 2.75) is 11.4 Å². The number of para-hydroxylation sites is 1. The summed E-state index contributed by atoms with van der Waals surface area (Å²) in [4.78, 5) is 12.1. The number of sulfone groups is 1. The number of hydrogen-bond donors (Lipinski definition) is 2. The number of amides is 1. The molecule has 1 amide bonds. The van der Waals surface area contributed by atoms with Gasteiger partial charge >= 0.3 is 0 Å². The first-order valence-electron chi connectivity index (χ1n) is 6.12. The maximum absolute atomic E-state index is 12.1. The van der Waals surface area contributed by atoms with Gasteiger partial charge in [0.05, 0.1) is 23.3 Å². The van der Waals surface area contributed by atoms with Gasteiger partial charge in [0, 0.05) is 12.8 Å². The number of nitrogens with zero attached hydrogens (tertiary/aromatic N) is 3. The van der Waals surface area contributed by atoms with E-state index in [9.17, 15) is 13.2 Å². The largest absolute Gasteiger partial charge is 0.329 e. The summed E-state index contributed by atoms with van der Waals surface area (Å²) >= 11 is 0. The van der Waals surface area contributed by atoms with Crippen LogP contribution < -0.4 is 11.1 Å². The Morgan fingerprint density at radius 1 is 1.38 bits per heavy atom. The Hall–Kier alpha value is -2.26. The summed E-state index contributed by atoms with van der Waals surface area (Å²) in [7, 11) is -3.44. The van der Waals surface area contributed by atoms with Crippen molar-refractivity contribution in [2.75, 3.05) is 18.1 Å². The van der Waals surface area contributed by atoms with Gasteiger partial charge in [-0.05, 0) is 12.1 Å². The number of nitrogens with two attached hydrogens (primary N) is 1. The Labute approximate surface area is 121 Å². The normalized spacial score (nSPS) is 11.3. The Balaban J connectivity index is 2.23. The number of nitrogens with one attached hydrogen (secondary N) is 1. The first kappa shape index (κ1) is 15.1. The van der Waals surface area contributed by atoms with Gasteiger partial charge in [0.25, 0.3) is 5.91 Å². The van der Waals surface area contributed by atoms with Crippen molar-refractivity contribution in [3.63, 3.8) is 0 Å². The summed E-state index contributed by atoms with van der Waals surface area (Å²) < 4.78 is 24.8. The fourth-order valence-electron chi connectivity index (χ4n) is 1.72. The van der Waals surface area contributed by atoms with Crippen LogP contribution in [0.1, 0.15) is 10.5 Å². The lowest BCUT2D eigenvalue weighted by atomic mass is 10.3. The standard InChI is InChI=1S/C12H15N5O3S/c1-21(19,20)11-5-3-2-4-9(11)14-12(18)10-8-17(7-6-13)16-15-10/h2-5,8H,6-7,13H2,1H3,(H,14,18). The molecule has 0 aliphatic carbocycles. The monoisotopic (exact) mass is 309 g/mol. The molecule has 0 aliphatic rings. The summed E-state index contributed by atoms with van der Waals surface area (Å²) in [5, 5.41) is 9.99. The summed E-state index contributed by atoms with van der Waals surface area (Å²) in [6.07, 6.45) is 2.53. The quantitative estimate of drug-likeness (QED) is 0.795. The van der Waals surface area contributed by atoms with E-state index in [1.165, 1.54) is 23.0 Å². The number of carbonyl (C=O) groups excluding carboxylic acids is 1. The molecule has 0 atom stereocenters. The summed E-state index contributed by atoms with van der Waals surface area (Å²) in [6.45, 7) is 0.821. The van der Waals surface area contributed by atoms with Gasteiger partial charge in [-0.3, -0.25) is 9.48 Å². The molecule has 1 aromatic carbocycles. The van der Waals surface area contributed by atoms with Gasteiger partial charge in [-0.15, -0.1) is 5.10 Å². The fraction of sp³-hybridized carbons (Fsp3) is 0.250. The van der Waals surface area contributed by atoms with Crippen LogP contribution >= 0.6 is 0 Å². The summed E-state index contributed by atoms with van der Waals surface area (Å²) in [6, 6.07) is 6.16. The van der Waals surface area contributed by atoms with E-state index < -0.39 is 15.7 Å².